The van der Waals surface area contributed by atoms with Crippen LogP contribution in [0.1, 0.15) is 36.9 Å². The normalized spacial score (nSPS) is 22.7. The van der Waals surface area contributed by atoms with E-state index in [9.17, 15) is 4.79 Å². The quantitative estimate of drug-likeness (QED) is 0.384. The molecule has 1 saturated heterocycles. The zero-order valence-electron chi connectivity index (χ0n) is 14.8. The fourth-order valence-corrected chi connectivity index (χ4v) is 3.36. The number of esters is 1. The second-order valence-corrected chi connectivity index (χ2v) is 7.91. The molecule has 4 nitrogen and oxygen atoms in total. The maximum atomic E-state index is 11.7. The van der Waals surface area contributed by atoms with Crippen molar-refractivity contribution in [3.8, 4) is 0 Å². The number of carbonyl (C=O) groups excluding carboxylic acids is 1. The lowest BCUT2D eigenvalue weighted by Gasteiger charge is -2.35. The number of halogens is 2. The molecule has 0 aromatic heterocycles. The topological polar surface area (TPSA) is 44.8 Å². The first-order valence-corrected chi connectivity index (χ1v) is 10.3. The highest BCUT2D eigenvalue weighted by Crippen LogP contribution is 2.38. The van der Waals surface area contributed by atoms with Crippen molar-refractivity contribution in [2.75, 3.05) is 6.61 Å². The van der Waals surface area contributed by atoms with Gasteiger partial charge in [0.25, 0.3) is 0 Å². The van der Waals surface area contributed by atoms with Crippen molar-refractivity contribution in [1.29, 1.82) is 0 Å². The molecule has 6 heteroatoms. The Bertz CT molecular complexity index is 733. The molecule has 3 rings (SSSR count). The molecule has 0 amide bonds. The summed E-state index contributed by atoms with van der Waals surface area (Å²) in [6, 6.07) is 15.9. The van der Waals surface area contributed by atoms with Crippen molar-refractivity contribution in [2.24, 2.45) is 0 Å². The molecule has 2 aromatic carbocycles. The molecule has 0 spiro atoms. The van der Waals surface area contributed by atoms with E-state index < -0.39 is 6.29 Å². The van der Waals surface area contributed by atoms with Gasteiger partial charge in [0, 0.05) is 27.0 Å². The fraction of sp³-hybridized carbons (Fsp3) is 0.286. The number of hydrogen-bond donors (Lipinski definition) is 0. The summed E-state index contributed by atoms with van der Waals surface area (Å²) in [6.07, 6.45) is 2.87. The third kappa shape index (κ3) is 5.75. The van der Waals surface area contributed by atoms with Crippen molar-refractivity contribution < 1.29 is 19.0 Å². The molecule has 1 aliphatic heterocycles. The SMILES string of the molecule is CCOC(=O)/C=C/[C@H]1C[C@@H](c2ccc(Br)cc2)O[C@@H](c2ccc(Br)cc2)O1. The average Bonchev–Trinajstić information content (AvgIpc) is 2.67. The smallest absolute Gasteiger partial charge is 0.330 e. The van der Waals surface area contributed by atoms with Crippen LogP contribution in [0.3, 0.4) is 0 Å². The highest BCUT2D eigenvalue weighted by molar-refractivity contribution is 9.10. The van der Waals surface area contributed by atoms with Gasteiger partial charge in [-0.2, -0.15) is 0 Å². The summed E-state index contributed by atoms with van der Waals surface area (Å²) in [5.41, 5.74) is 1.99. The molecule has 27 heavy (non-hydrogen) atoms. The van der Waals surface area contributed by atoms with Gasteiger partial charge < -0.3 is 14.2 Å². The van der Waals surface area contributed by atoms with Crippen molar-refractivity contribution in [1.82, 2.24) is 0 Å². The molecular formula is C21H20Br2O4. The van der Waals surface area contributed by atoms with Crippen LogP contribution in [-0.4, -0.2) is 18.7 Å². The van der Waals surface area contributed by atoms with E-state index in [1.165, 1.54) is 6.08 Å². The molecule has 0 N–H and O–H groups in total. The minimum Gasteiger partial charge on any atom is -0.463 e. The largest absolute Gasteiger partial charge is 0.463 e. The lowest BCUT2D eigenvalue weighted by atomic mass is 10.0. The first-order chi connectivity index (χ1) is 13.0. The van der Waals surface area contributed by atoms with E-state index in [0.29, 0.717) is 13.0 Å². The molecule has 0 bridgehead atoms. The van der Waals surface area contributed by atoms with E-state index in [2.05, 4.69) is 31.9 Å². The van der Waals surface area contributed by atoms with Gasteiger partial charge in [0.05, 0.1) is 18.8 Å². The number of hydrogen-bond acceptors (Lipinski definition) is 4. The Balaban J connectivity index is 1.82. The molecular weight excluding hydrogens is 476 g/mol. The summed E-state index contributed by atoms with van der Waals surface area (Å²) in [5.74, 6) is -0.368. The summed E-state index contributed by atoms with van der Waals surface area (Å²) in [7, 11) is 0. The molecule has 1 heterocycles. The van der Waals surface area contributed by atoms with Crippen LogP contribution in [0, 0.1) is 0 Å². The Hall–Kier alpha value is -1.47. The predicted molar refractivity (Wildman–Crippen MR) is 110 cm³/mol. The van der Waals surface area contributed by atoms with Gasteiger partial charge in [-0.05, 0) is 42.8 Å². The molecule has 3 atom stereocenters. The third-order valence-corrected chi connectivity index (χ3v) is 5.21. The number of ether oxygens (including phenoxy) is 3. The molecule has 0 unspecified atom stereocenters. The summed E-state index contributed by atoms with van der Waals surface area (Å²) in [5, 5.41) is 0. The van der Waals surface area contributed by atoms with Crippen LogP contribution in [-0.2, 0) is 19.0 Å². The molecule has 1 fully saturated rings. The Morgan fingerprint density at radius 1 is 1.04 bits per heavy atom. The van der Waals surface area contributed by atoms with Crippen molar-refractivity contribution in [3.63, 3.8) is 0 Å². The van der Waals surface area contributed by atoms with Crippen LogP contribution in [0.2, 0.25) is 0 Å². The van der Waals surface area contributed by atoms with Crippen LogP contribution >= 0.6 is 31.9 Å². The molecule has 1 aliphatic rings. The highest BCUT2D eigenvalue weighted by atomic mass is 79.9. The van der Waals surface area contributed by atoms with E-state index in [0.717, 1.165) is 20.1 Å². The monoisotopic (exact) mass is 494 g/mol. The molecule has 0 aliphatic carbocycles. The van der Waals surface area contributed by atoms with Crippen LogP contribution < -0.4 is 0 Å². The minimum absolute atomic E-state index is 0.141. The van der Waals surface area contributed by atoms with Gasteiger partial charge in [-0.25, -0.2) is 4.79 Å². The van der Waals surface area contributed by atoms with Crippen molar-refractivity contribution in [2.45, 2.75) is 31.8 Å². The Morgan fingerprint density at radius 2 is 1.63 bits per heavy atom. The summed E-state index contributed by atoms with van der Waals surface area (Å²) < 4.78 is 19.3. The maximum Gasteiger partial charge on any atom is 0.330 e. The van der Waals surface area contributed by atoms with Gasteiger partial charge in [-0.1, -0.05) is 56.1 Å². The average molecular weight is 496 g/mol. The number of carbonyl (C=O) groups is 1. The Kier molecular flexibility index (Phi) is 7.24. The van der Waals surface area contributed by atoms with Crippen molar-refractivity contribution >= 4 is 37.8 Å². The summed E-state index contributed by atoms with van der Waals surface area (Å²) >= 11 is 6.90. The van der Waals surface area contributed by atoms with E-state index >= 15 is 0 Å². The van der Waals surface area contributed by atoms with Gasteiger partial charge in [0.2, 0.25) is 0 Å². The van der Waals surface area contributed by atoms with E-state index in [-0.39, 0.29) is 18.2 Å². The van der Waals surface area contributed by atoms with Crippen LogP contribution in [0.5, 0.6) is 0 Å². The fourth-order valence-electron chi connectivity index (χ4n) is 2.83. The number of rotatable bonds is 5. The summed E-state index contributed by atoms with van der Waals surface area (Å²) in [4.78, 5) is 11.7. The van der Waals surface area contributed by atoms with Crippen LogP contribution in [0.25, 0.3) is 0 Å². The lowest BCUT2D eigenvalue weighted by Crippen LogP contribution is -2.28. The van der Waals surface area contributed by atoms with Crippen molar-refractivity contribution in [3.05, 3.63) is 80.8 Å². The Labute approximate surface area is 175 Å². The second-order valence-electron chi connectivity index (χ2n) is 6.08. The lowest BCUT2D eigenvalue weighted by molar-refractivity contribution is -0.239. The van der Waals surface area contributed by atoms with Gasteiger partial charge in [0.15, 0.2) is 6.29 Å². The van der Waals surface area contributed by atoms with Gasteiger partial charge in [-0.15, -0.1) is 0 Å². The Morgan fingerprint density at radius 3 is 2.22 bits per heavy atom. The molecule has 2 aromatic rings. The molecule has 0 saturated carbocycles. The zero-order valence-corrected chi connectivity index (χ0v) is 18.0. The van der Waals surface area contributed by atoms with E-state index in [4.69, 9.17) is 14.2 Å². The molecule has 0 radical (unpaired) electrons. The predicted octanol–water partition coefficient (Wildman–Crippen LogP) is 5.88. The third-order valence-electron chi connectivity index (χ3n) is 4.15. The minimum atomic E-state index is -0.516. The zero-order chi connectivity index (χ0) is 19.2. The molecule has 142 valence electrons. The maximum absolute atomic E-state index is 11.7. The first kappa shape index (κ1) is 20.3. The first-order valence-electron chi connectivity index (χ1n) is 8.72. The van der Waals surface area contributed by atoms with Gasteiger partial charge in [0.1, 0.15) is 0 Å². The van der Waals surface area contributed by atoms with E-state index in [1.54, 1.807) is 13.0 Å². The van der Waals surface area contributed by atoms with E-state index in [1.807, 2.05) is 48.5 Å². The summed E-state index contributed by atoms with van der Waals surface area (Å²) in [6.45, 7) is 2.13. The second kappa shape index (κ2) is 9.64. The van der Waals surface area contributed by atoms with Gasteiger partial charge in [-0.3, -0.25) is 0 Å². The standard InChI is InChI=1S/C21H20Br2O4/c1-2-25-20(24)12-11-18-13-19(14-3-7-16(22)8-4-14)27-21(26-18)15-5-9-17(23)10-6-15/h3-12,18-19,21H,2,13H2,1H3/b12-11+/t18-,19-,21-/m0/s1. The highest BCUT2D eigenvalue weighted by Gasteiger charge is 2.31. The van der Waals surface area contributed by atoms with Crippen LogP contribution in [0.4, 0.5) is 0 Å². The number of benzene rings is 2. The van der Waals surface area contributed by atoms with Gasteiger partial charge >= 0.3 is 5.97 Å². The van der Waals surface area contributed by atoms with Crippen LogP contribution in [0.15, 0.2) is 69.6 Å².